The number of hydrogen-bond donors (Lipinski definition) is 1. The molecule has 0 saturated heterocycles. The fraction of sp³-hybridized carbons (Fsp3) is 0.0645. The molecule has 0 spiro atoms. The molecule has 1 heterocycles. The van der Waals surface area contributed by atoms with Crippen LogP contribution >= 0.6 is 0 Å². The number of ether oxygens (including phenoxy) is 1. The van der Waals surface area contributed by atoms with Crippen LogP contribution in [-0.2, 0) is 6.61 Å². The Hall–Kier alpha value is -4.97. The van der Waals surface area contributed by atoms with Gasteiger partial charge in [0, 0.05) is 29.2 Å². The van der Waals surface area contributed by atoms with E-state index in [-0.39, 0.29) is 5.91 Å². The number of rotatable bonds is 8. The quantitative estimate of drug-likeness (QED) is 0.208. The molecule has 5 rings (SSSR count). The number of hydrogen-bond acceptors (Lipinski definition) is 4. The number of amides is 1. The molecule has 0 bridgehead atoms. The highest BCUT2D eigenvalue weighted by Crippen LogP contribution is 2.30. The Balaban J connectivity index is 1.19. The number of nitrogens with zero attached hydrogens (tertiary/aromatic N) is 3. The first kappa shape index (κ1) is 23.8. The van der Waals surface area contributed by atoms with Crippen molar-refractivity contribution >= 4 is 11.6 Å². The van der Waals surface area contributed by atoms with E-state index in [2.05, 4.69) is 33.7 Å². The Morgan fingerprint density at radius 3 is 2.30 bits per heavy atom. The molecule has 6 heteroatoms. The third-order valence-corrected chi connectivity index (χ3v) is 6.00. The molecule has 1 amide bonds. The second kappa shape index (κ2) is 11.2. The monoisotopic (exact) mass is 486 g/mol. The van der Waals surface area contributed by atoms with Crippen molar-refractivity contribution in [2.24, 2.45) is 5.10 Å². The zero-order valence-electron chi connectivity index (χ0n) is 20.4. The standard InChI is InChI=1S/C31H26N4O2/c1-23(25-15-17-28(18-16-25)35-20-19-32-22-35)33-34-31(36)27-13-11-24(12-14-27)21-37-30-10-6-5-9-29(30)26-7-3-2-4-8-26/h2-20,22H,21H2,1H3,(H,34,36). The van der Waals surface area contributed by atoms with E-state index in [1.165, 1.54) is 0 Å². The maximum Gasteiger partial charge on any atom is 0.271 e. The van der Waals surface area contributed by atoms with Gasteiger partial charge in [-0.05, 0) is 53.9 Å². The van der Waals surface area contributed by atoms with Gasteiger partial charge in [0.05, 0.1) is 12.0 Å². The van der Waals surface area contributed by atoms with Crippen LogP contribution in [0.3, 0.4) is 0 Å². The number of hydrazone groups is 1. The van der Waals surface area contributed by atoms with E-state index in [0.29, 0.717) is 17.9 Å². The normalized spacial score (nSPS) is 11.2. The molecule has 6 nitrogen and oxygen atoms in total. The molecule has 0 atom stereocenters. The van der Waals surface area contributed by atoms with Crippen molar-refractivity contribution in [1.82, 2.24) is 15.0 Å². The molecule has 1 aromatic heterocycles. The third kappa shape index (κ3) is 5.82. The van der Waals surface area contributed by atoms with E-state index >= 15 is 0 Å². The minimum Gasteiger partial charge on any atom is -0.488 e. The molecule has 1 N–H and O–H groups in total. The fourth-order valence-corrected chi connectivity index (χ4v) is 3.91. The maximum absolute atomic E-state index is 12.6. The molecular weight excluding hydrogens is 460 g/mol. The molecule has 0 saturated carbocycles. The Morgan fingerprint density at radius 1 is 0.865 bits per heavy atom. The Bertz CT molecular complexity index is 1490. The SMILES string of the molecule is CC(=NNC(=O)c1ccc(COc2ccccc2-c2ccccc2)cc1)c1ccc(-n2ccnc2)cc1. The van der Waals surface area contributed by atoms with Gasteiger partial charge < -0.3 is 9.30 Å². The van der Waals surface area contributed by atoms with Gasteiger partial charge in [-0.1, -0.05) is 72.8 Å². The largest absolute Gasteiger partial charge is 0.488 e. The summed E-state index contributed by atoms with van der Waals surface area (Å²) in [5.74, 6) is 0.551. The van der Waals surface area contributed by atoms with Crippen molar-refractivity contribution in [3.8, 4) is 22.6 Å². The van der Waals surface area contributed by atoms with Crippen molar-refractivity contribution < 1.29 is 9.53 Å². The van der Waals surface area contributed by atoms with Crippen molar-refractivity contribution in [3.05, 3.63) is 139 Å². The first-order valence-electron chi connectivity index (χ1n) is 12.0. The summed E-state index contributed by atoms with van der Waals surface area (Å²) in [5, 5.41) is 4.27. The fourth-order valence-electron chi connectivity index (χ4n) is 3.91. The van der Waals surface area contributed by atoms with Gasteiger partial charge in [-0.2, -0.15) is 5.10 Å². The van der Waals surface area contributed by atoms with E-state index in [1.807, 2.05) is 90.5 Å². The first-order valence-corrected chi connectivity index (χ1v) is 12.0. The summed E-state index contributed by atoms with van der Waals surface area (Å²) in [6, 6.07) is 33.4. The average molecular weight is 487 g/mol. The van der Waals surface area contributed by atoms with Gasteiger partial charge >= 0.3 is 0 Å². The van der Waals surface area contributed by atoms with Crippen LogP contribution in [0.5, 0.6) is 5.75 Å². The lowest BCUT2D eigenvalue weighted by molar-refractivity contribution is 0.0954. The van der Waals surface area contributed by atoms with Crippen LogP contribution in [0, 0.1) is 0 Å². The average Bonchev–Trinajstić information content (AvgIpc) is 3.51. The zero-order valence-corrected chi connectivity index (χ0v) is 20.4. The third-order valence-electron chi connectivity index (χ3n) is 6.00. The minimum absolute atomic E-state index is 0.267. The Labute approximate surface area is 215 Å². The van der Waals surface area contributed by atoms with Gasteiger partial charge in [0.15, 0.2) is 0 Å². The van der Waals surface area contributed by atoms with Gasteiger partial charge in [0.1, 0.15) is 12.4 Å². The summed E-state index contributed by atoms with van der Waals surface area (Å²) in [4.78, 5) is 16.7. The molecule has 0 radical (unpaired) electrons. The van der Waals surface area contributed by atoms with Crippen molar-refractivity contribution in [2.75, 3.05) is 0 Å². The smallest absolute Gasteiger partial charge is 0.271 e. The molecule has 0 aliphatic heterocycles. The van der Waals surface area contributed by atoms with Gasteiger partial charge in [-0.15, -0.1) is 0 Å². The number of aromatic nitrogens is 2. The van der Waals surface area contributed by atoms with Crippen LogP contribution in [0.1, 0.15) is 28.4 Å². The molecule has 5 aromatic rings. The number of nitrogens with one attached hydrogen (secondary N) is 1. The highest BCUT2D eigenvalue weighted by Gasteiger charge is 2.08. The van der Waals surface area contributed by atoms with E-state index in [9.17, 15) is 4.79 Å². The summed E-state index contributed by atoms with van der Waals surface area (Å²) < 4.78 is 8.04. The predicted octanol–water partition coefficient (Wildman–Crippen LogP) is 6.27. The molecule has 0 aliphatic rings. The molecule has 0 fully saturated rings. The van der Waals surface area contributed by atoms with E-state index < -0.39 is 0 Å². The van der Waals surface area contributed by atoms with Gasteiger partial charge in [0.2, 0.25) is 0 Å². The van der Waals surface area contributed by atoms with Crippen molar-refractivity contribution in [2.45, 2.75) is 13.5 Å². The molecular formula is C31H26N4O2. The molecule has 4 aromatic carbocycles. The minimum atomic E-state index is -0.267. The summed E-state index contributed by atoms with van der Waals surface area (Å²) in [6.07, 6.45) is 5.37. The number of para-hydroxylation sites is 1. The van der Waals surface area contributed by atoms with Crippen LogP contribution in [0.2, 0.25) is 0 Å². The molecule has 0 unspecified atom stereocenters. The number of imidazole rings is 1. The van der Waals surface area contributed by atoms with Crippen LogP contribution in [0.4, 0.5) is 0 Å². The van der Waals surface area contributed by atoms with Gasteiger partial charge in [-0.25, -0.2) is 10.4 Å². The summed E-state index contributed by atoms with van der Waals surface area (Å²) in [6.45, 7) is 2.26. The van der Waals surface area contributed by atoms with Crippen LogP contribution in [-0.4, -0.2) is 21.2 Å². The molecule has 0 aliphatic carbocycles. The van der Waals surface area contributed by atoms with Crippen molar-refractivity contribution in [1.29, 1.82) is 0 Å². The topological polar surface area (TPSA) is 68.5 Å². The molecule has 37 heavy (non-hydrogen) atoms. The predicted molar refractivity (Wildman–Crippen MR) is 146 cm³/mol. The Kier molecular flexibility index (Phi) is 7.18. The first-order chi connectivity index (χ1) is 18.2. The van der Waals surface area contributed by atoms with E-state index in [1.54, 1.807) is 24.7 Å². The number of benzene rings is 4. The lowest BCUT2D eigenvalue weighted by Crippen LogP contribution is -2.19. The lowest BCUT2D eigenvalue weighted by atomic mass is 10.0. The summed E-state index contributed by atoms with van der Waals surface area (Å²) in [5.41, 5.74) is 8.94. The highest BCUT2D eigenvalue weighted by atomic mass is 16.5. The number of carbonyl (C=O) groups is 1. The van der Waals surface area contributed by atoms with Crippen molar-refractivity contribution in [3.63, 3.8) is 0 Å². The maximum atomic E-state index is 12.6. The lowest BCUT2D eigenvalue weighted by Gasteiger charge is -2.12. The van der Waals surface area contributed by atoms with Gasteiger partial charge in [-0.3, -0.25) is 4.79 Å². The number of carbonyl (C=O) groups excluding carboxylic acids is 1. The van der Waals surface area contributed by atoms with Crippen LogP contribution in [0.25, 0.3) is 16.8 Å². The second-order valence-corrected chi connectivity index (χ2v) is 8.50. The summed E-state index contributed by atoms with van der Waals surface area (Å²) in [7, 11) is 0. The van der Waals surface area contributed by atoms with E-state index in [4.69, 9.17) is 4.74 Å². The second-order valence-electron chi connectivity index (χ2n) is 8.50. The molecule has 182 valence electrons. The zero-order chi connectivity index (χ0) is 25.5. The Morgan fingerprint density at radius 2 is 1.57 bits per heavy atom. The van der Waals surface area contributed by atoms with Crippen LogP contribution < -0.4 is 10.2 Å². The summed E-state index contributed by atoms with van der Waals surface area (Å²) >= 11 is 0. The van der Waals surface area contributed by atoms with Gasteiger partial charge in [0.25, 0.3) is 5.91 Å². The van der Waals surface area contributed by atoms with Crippen LogP contribution in [0.15, 0.2) is 127 Å². The van der Waals surface area contributed by atoms with E-state index in [0.717, 1.165) is 33.7 Å². The highest BCUT2D eigenvalue weighted by molar-refractivity contribution is 6.01.